The number of nitrogens with zero attached hydrogens (tertiary/aromatic N) is 1. The van der Waals surface area contributed by atoms with Crippen LogP contribution in [0.15, 0.2) is 46.0 Å². The Labute approximate surface area is 184 Å². The van der Waals surface area contributed by atoms with Crippen molar-refractivity contribution < 1.29 is 9.21 Å². The topological polar surface area (TPSA) is 78.7 Å². The van der Waals surface area contributed by atoms with Crippen LogP contribution in [0, 0.1) is 6.92 Å². The van der Waals surface area contributed by atoms with Gasteiger partial charge in [-0.1, -0.05) is 31.2 Å². The van der Waals surface area contributed by atoms with Crippen LogP contribution >= 0.6 is 24.0 Å². The average molecular weight is 498 g/mol. The van der Waals surface area contributed by atoms with Crippen LogP contribution in [0.4, 0.5) is 0 Å². The van der Waals surface area contributed by atoms with Gasteiger partial charge in [0.1, 0.15) is 0 Å². The van der Waals surface area contributed by atoms with E-state index in [0.717, 1.165) is 24.4 Å². The Bertz CT molecular complexity index is 756. The molecule has 7 heteroatoms. The highest BCUT2D eigenvalue weighted by Crippen LogP contribution is 2.13. The number of furan rings is 1. The molecule has 6 nitrogen and oxygen atoms in total. The van der Waals surface area contributed by atoms with Crippen LogP contribution in [0.2, 0.25) is 0 Å². The Morgan fingerprint density at radius 1 is 1.14 bits per heavy atom. The molecule has 0 bridgehead atoms. The average Bonchev–Trinajstić information content (AvgIpc) is 3.12. The van der Waals surface area contributed by atoms with Crippen molar-refractivity contribution in [2.45, 2.75) is 39.7 Å². The number of carbonyl (C=O) groups is 1. The highest BCUT2D eigenvalue weighted by atomic mass is 127. The van der Waals surface area contributed by atoms with E-state index in [4.69, 9.17) is 4.42 Å². The van der Waals surface area contributed by atoms with Gasteiger partial charge in [-0.15, -0.1) is 24.0 Å². The maximum absolute atomic E-state index is 12.0. The molecule has 1 atom stereocenters. The lowest BCUT2D eigenvalue weighted by Crippen LogP contribution is -2.40. The Hall–Kier alpha value is -2.03. The van der Waals surface area contributed by atoms with Gasteiger partial charge in [0, 0.05) is 25.7 Å². The minimum absolute atomic E-state index is 0. The number of aliphatic imine (C=N–C) groups is 1. The summed E-state index contributed by atoms with van der Waals surface area (Å²) in [5, 5.41) is 9.53. The first-order valence-corrected chi connectivity index (χ1v) is 9.43. The molecule has 1 aromatic carbocycles. The molecule has 0 aliphatic rings. The van der Waals surface area contributed by atoms with Crippen molar-refractivity contribution in [3.63, 3.8) is 0 Å². The maximum atomic E-state index is 12.0. The third-order valence-corrected chi connectivity index (χ3v) is 4.46. The number of rotatable bonds is 8. The monoisotopic (exact) mass is 498 g/mol. The van der Waals surface area contributed by atoms with Crippen molar-refractivity contribution in [2.75, 3.05) is 20.1 Å². The molecule has 3 N–H and O–H groups in total. The summed E-state index contributed by atoms with van der Waals surface area (Å²) in [4.78, 5) is 16.2. The van der Waals surface area contributed by atoms with Gasteiger partial charge in [-0.2, -0.15) is 0 Å². The first kappa shape index (κ1) is 24.0. The fourth-order valence-electron chi connectivity index (χ4n) is 2.71. The summed E-state index contributed by atoms with van der Waals surface area (Å²) in [7, 11) is 1.75. The fraction of sp³-hybridized carbons (Fsp3) is 0.429. The smallest absolute Gasteiger partial charge is 0.287 e. The van der Waals surface area contributed by atoms with Crippen molar-refractivity contribution >= 4 is 35.8 Å². The summed E-state index contributed by atoms with van der Waals surface area (Å²) in [6.07, 6.45) is 3.35. The van der Waals surface area contributed by atoms with Crippen molar-refractivity contribution in [1.29, 1.82) is 0 Å². The zero-order chi connectivity index (χ0) is 19.6. The summed E-state index contributed by atoms with van der Waals surface area (Å²) in [6, 6.07) is 10.6. The molecule has 154 valence electrons. The SMILES string of the molecule is CCc1ccc(C(C)NC(=NC)NCCCNC(=O)c2occc2C)cc1.I. The molecule has 1 unspecified atom stereocenters. The number of amides is 1. The Kier molecular flexibility index (Phi) is 10.7. The molecule has 2 rings (SSSR count). The second kappa shape index (κ2) is 12.4. The Morgan fingerprint density at radius 3 is 2.39 bits per heavy atom. The van der Waals surface area contributed by atoms with Crippen LogP contribution < -0.4 is 16.0 Å². The van der Waals surface area contributed by atoms with E-state index in [-0.39, 0.29) is 35.9 Å². The number of guanidine groups is 1. The highest BCUT2D eigenvalue weighted by Gasteiger charge is 2.11. The number of hydrogen-bond donors (Lipinski definition) is 3. The van der Waals surface area contributed by atoms with Crippen LogP contribution in [0.1, 0.15) is 53.6 Å². The van der Waals surface area contributed by atoms with Gasteiger partial charge in [0.25, 0.3) is 5.91 Å². The molecule has 0 radical (unpaired) electrons. The minimum Gasteiger partial charge on any atom is -0.459 e. The first-order chi connectivity index (χ1) is 13.0. The second-order valence-electron chi connectivity index (χ2n) is 6.50. The normalized spacial score (nSPS) is 12.1. The summed E-state index contributed by atoms with van der Waals surface area (Å²) >= 11 is 0. The third-order valence-electron chi connectivity index (χ3n) is 4.46. The van der Waals surface area contributed by atoms with E-state index in [2.05, 4.69) is 59.1 Å². The van der Waals surface area contributed by atoms with Crippen molar-refractivity contribution in [2.24, 2.45) is 4.99 Å². The van der Waals surface area contributed by atoms with Gasteiger partial charge >= 0.3 is 0 Å². The maximum Gasteiger partial charge on any atom is 0.287 e. The van der Waals surface area contributed by atoms with Gasteiger partial charge in [0.2, 0.25) is 0 Å². The van der Waals surface area contributed by atoms with Crippen LogP contribution in [0.5, 0.6) is 0 Å². The molecule has 0 fully saturated rings. The van der Waals surface area contributed by atoms with Crippen molar-refractivity contribution in [1.82, 2.24) is 16.0 Å². The molecule has 1 aromatic heterocycles. The van der Waals surface area contributed by atoms with E-state index < -0.39 is 0 Å². The van der Waals surface area contributed by atoms with Gasteiger partial charge < -0.3 is 20.4 Å². The first-order valence-electron chi connectivity index (χ1n) is 9.43. The van der Waals surface area contributed by atoms with Gasteiger partial charge in [0.05, 0.1) is 12.3 Å². The molecule has 0 saturated carbocycles. The Morgan fingerprint density at radius 2 is 1.82 bits per heavy atom. The zero-order valence-electron chi connectivity index (χ0n) is 17.0. The van der Waals surface area contributed by atoms with Crippen LogP contribution in [0.3, 0.4) is 0 Å². The highest BCUT2D eigenvalue weighted by molar-refractivity contribution is 14.0. The number of halogens is 1. The van der Waals surface area contributed by atoms with E-state index in [1.54, 1.807) is 13.1 Å². The van der Waals surface area contributed by atoms with Gasteiger partial charge in [-0.25, -0.2) is 0 Å². The van der Waals surface area contributed by atoms with E-state index in [0.29, 0.717) is 18.8 Å². The van der Waals surface area contributed by atoms with Gasteiger partial charge in [-0.05, 0) is 43.9 Å². The van der Waals surface area contributed by atoms with Crippen molar-refractivity contribution in [3.8, 4) is 0 Å². The van der Waals surface area contributed by atoms with Crippen LogP contribution in [0.25, 0.3) is 0 Å². The predicted octanol–water partition coefficient (Wildman–Crippen LogP) is 3.81. The van der Waals surface area contributed by atoms with E-state index in [1.165, 1.54) is 17.4 Å². The molecular formula is C21H31IN4O2. The summed E-state index contributed by atoms with van der Waals surface area (Å²) < 4.78 is 5.18. The number of benzene rings is 1. The standard InChI is InChI=1S/C21H30N4O2.HI/c1-5-17-7-9-18(10-8-17)16(3)25-21(22-4)24-13-6-12-23-20(26)19-15(2)11-14-27-19;/h7-11,14,16H,5-6,12-13H2,1-4H3,(H,23,26)(H2,22,24,25);1H. The molecule has 0 aliphatic carbocycles. The number of carbonyl (C=O) groups excluding carboxylic acids is 1. The summed E-state index contributed by atoms with van der Waals surface area (Å²) in [5.41, 5.74) is 3.40. The number of aryl methyl sites for hydroxylation is 2. The molecule has 0 saturated heterocycles. The van der Waals surface area contributed by atoms with Gasteiger partial charge in [0.15, 0.2) is 11.7 Å². The lowest BCUT2D eigenvalue weighted by Gasteiger charge is -2.18. The molecule has 1 heterocycles. The molecule has 0 aliphatic heterocycles. The largest absolute Gasteiger partial charge is 0.459 e. The van der Waals surface area contributed by atoms with E-state index in [1.807, 2.05) is 6.92 Å². The lowest BCUT2D eigenvalue weighted by atomic mass is 10.1. The number of nitrogens with one attached hydrogen (secondary N) is 3. The zero-order valence-corrected chi connectivity index (χ0v) is 19.4. The molecule has 2 aromatic rings. The van der Waals surface area contributed by atoms with Gasteiger partial charge in [-0.3, -0.25) is 9.79 Å². The third kappa shape index (κ3) is 7.18. The van der Waals surface area contributed by atoms with Crippen LogP contribution in [-0.4, -0.2) is 32.0 Å². The summed E-state index contributed by atoms with van der Waals surface area (Å²) in [6.45, 7) is 7.39. The molecular weight excluding hydrogens is 467 g/mol. The van der Waals surface area contributed by atoms with E-state index >= 15 is 0 Å². The number of hydrogen-bond acceptors (Lipinski definition) is 3. The van der Waals surface area contributed by atoms with E-state index in [9.17, 15) is 4.79 Å². The molecule has 0 spiro atoms. The lowest BCUT2D eigenvalue weighted by molar-refractivity contribution is 0.0925. The Balaban J connectivity index is 0.00000392. The molecule has 28 heavy (non-hydrogen) atoms. The second-order valence-corrected chi connectivity index (χ2v) is 6.50. The fourth-order valence-corrected chi connectivity index (χ4v) is 2.71. The van der Waals surface area contributed by atoms with Crippen molar-refractivity contribution in [3.05, 3.63) is 59.0 Å². The minimum atomic E-state index is -0.177. The predicted molar refractivity (Wildman–Crippen MR) is 125 cm³/mol. The quantitative estimate of drug-likeness (QED) is 0.224. The molecule has 1 amide bonds. The van der Waals surface area contributed by atoms with Crippen LogP contribution in [-0.2, 0) is 6.42 Å². The summed E-state index contributed by atoms with van der Waals surface area (Å²) in [5.74, 6) is 0.947.